The molecule has 0 aromatic carbocycles. The second-order valence-electron chi connectivity index (χ2n) is 8.07. The van der Waals surface area contributed by atoms with Crippen molar-refractivity contribution < 1.29 is 27.5 Å². The molecule has 2 amide bonds. The molecule has 0 spiro atoms. The van der Waals surface area contributed by atoms with Crippen LogP contribution in [-0.4, -0.2) is 35.0 Å². The quantitative estimate of drug-likeness (QED) is 0.538. The molecule has 0 fully saturated rings. The summed E-state index contributed by atoms with van der Waals surface area (Å²) in [6, 6.07) is 1.98. The second kappa shape index (κ2) is 8.52. The number of nitrogens with zero attached hydrogens (tertiary/aromatic N) is 2. The van der Waals surface area contributed by atoms with Crippen molar-refractivity contribution in [1.82, 2.24) is 9.99 Å². The number of aryl methyl sites for hydroxylation is 1. The first-order valence-electron chi connectivity index (χ1n) is 9.35. The molecule has 0 unspecified atom stereocenters. The van der Waals surface area contributed by atoms with Crippen LogP contribution >= 0.6 is 0 Å². The summed E-state index contributed by atoms with van der Waals surface area (Å²) in [6.07, 6.45) is -3.68. The second-order valence-corrected chi connectivity index (χ2v) is 8.07. The van der Waals surface area contributed by atoms with Crippen molar-refractivity contribution >= 4 is 17.6 Å². The number of aromatic nitrogens is 1. The molecule has 0 bridgehead atoms. The summed E-state index contributed by atoms with van der Waals surface area (Å²) in [7, 11) is 0. The average Bonchev–Trinajstić information content (AvgIpc) is 2.81. The number of ether oxygens (including phenoxy) is 1. The Balaban J connectivity index is 2.09. The summed E-state index contributed by atoms with van der Waals surface area (Å²) in [5.41, 5.74) is 2.06. The van der Waals surface area contributed by atoms with Crippen molar-refractivity contribution in [3.63, 3.8) is 0 Å². The van der Waals surface area contributed by atoms with Crippen molar-refractivity contribution in [1.29, 1.82) is 0 Å². The van der Waals surface area contributed by atoms with Crippen molar-refractivity contribution in [3.05, 3.63) is 34.5 Å². The normalized spacial score (nSPS) is 15.5. The van der Waals surface area contributed by atoms with Gasteiger partial charge in [0.2, 0.25) is 0 Å². The zero-order valence-corrected chi connectivity index (χ0v) is 17.2. The van der Waals surface area contributed by atoms with Gasteiger partial charge in [-0.3, -0.25) is 15.0 Å². The maximum absolute atomic E-state index is 13.0. The van der Waals surface area contributed by atoms with Gasteiger partial charge in [-0.2, -0.15) is 18.2 Å². The molecule has 29 heavy (non-hydrogen) atoms. The monoisotopic (exact) mass is 413 g/mol. The van der Waals surface area contributed by atoms with Crippen LogP contribution < -0.4 is 5.43 Å². The molecular formula is C20H26F3N3O3. The van der Waals surface area contributed by atoms with Crippen LogP contribution in [0.3, 0.4) is 0 Å². The SMILES string of the molecule is CCc1nc(NN2C(=O)C(C)=C(COCCC(C)(C)C)C2=O)ccc1C(F)(F)F. The lowest BCUT2D eigenvalue weighted by Gasteiger charge is -2.19. The first-order chi connectivity index (χ1) is 13.3. The van der Waals surface area contributed by atoms with Gasteiger partial charge < -0.3 is 4.74 Å². The van der Waals surface area contributed by atoms with Gasteiger partial charge in [-0.1, -0.05) is 27.7 Å². The topological polar surface area (TPSA) is 71.5 Å². The number of carbonyl (C=O) groups excluding carboxylic acids is 2. The highest BCUT2D eigenvalue weighted by atomic mass is 19.4. The molecule has 1 aromatic rings. The van der Waals surface area contributed by atoms with Gasteiger partial charge in [0.15, 0.2) is 0 Å². The molecule has 0 atom stereocenters. The van der Waals surface area contributed by atoms with E-state index in [9.17, 15) is 22.8 Å². The Kier molecular flexibility index (Phi) is 6.72. The van der Waals surface area contributed by atoms with Gasteiger partial charge in [0.1, 0.15) is 5.82 Å². The fraction of sp³-hybridized carbons (Fsp3) is 0.550. The van der Waals surface area contributed by atoms with Crippen LogP contribution in [0.1, 0.15) is 52.3 Å². The molecule has 0 radical (unpaired) electrons. The highest BCUT2D eigenvalue weighted by molar-refractivity contribution is 6.19. The Hall–Kier alpha value is -2.42. The van der Waals surface area contributed by atoms with Gasteiger partial charge in [0.05, 0.1) is 23.4 Å². The number of anilines is 1. The van der Waals surface area contributed by atoms with Crippen LogP contribution in [0.2, 0.25) is 0 Å². The van der Waals surface area contributed by atoms with Gasteiger partial charge in [0, 0.05) is 12.2 Å². The van der Waals surface area contributed by atoms with Crippen LogP contribution in [0.25, 0.3) is 0 Å². The molecule has 0 aliphatic carbocycles. The average molecular weight is 413 g/mol. The highest BCUT2D eigenvalue weighted by Crippen LogP contribution is 2.32. The van der Waals surface area contributed by atoms with Crippen LogP contribution in [0, 0.1) is 5.41 Å². The molecular weight excluding hydrogens is 387 g/mol. The van der Waals surface area contributed by atoms with E-state index in [2.05, 4.69) is 31.2 Å². The maximum Gasteiger partial charge on any atom is 0.418 e. The number of halogens is 3. The Bertz CT molecular complexity index is 826. The van der Waals surface area contributed by atoms with Crippen molar-refractivity contribution in [2.45, 2.75) is 53.6 Å². The van der Waals surface area contributed by atoms with Gasteiger partial charge in [-0.05, 0) is 37.3 Å². The predicted octanol–water partition coefficient (Wildman–Crippen LogP) is 4.13. The molecule has 1 aliphatic rings. The van der Waals surface area contributed by atoms with Gasteiger partial charge in [-0.15, -0.1) is 0 Å². The minimum Gasteiger partial charge on any atom is -0.377 e. The third kappa shape index (κ3) is 5.56. The Morgan fingerprint density at radius 3 is 2.34 bits per heavy atom. The standard InChI is InChI=1S/C20H26F3N3O3/c1-6-15-14(20(21,22)23)7-8-16(24-15)25-26-17(27)12(2)13(18(26)28)11-29-10-9-19(3,4)5/h7-8H,6,9-11H2,1-5H3,(H,24,25). The highest BCUT2D eigenvalue weighted by Gasteiger charge is 2.37. The summed E-state index contributed by atoms with van der Waals surface area (Å²) >= 11 is 0. The van der Waals surface area contributed by atoms with Crippen LogP contribution in [0.4, 0.5) is 19.0 Å². The van der Waals surface area contributed by atoms with Crippen molar-refractivity contribution in [3.8, 4) is 0 Å². The van der Waals surface area contributed by atoms with Crippen LogP contribution in [0.15, 0.2) is 23.3 Å². The summed E-state index contributed by atoms with van der Waals surface area (Å²) in [5, 5.41) is 0.757. The Labute approximate surface area is 168 Å². The minimum absolute atomic E-state index is 0.00861. The van der Waals surface area contributed by atoms with Crippen molar-refractivity contribution in [2.24, 2.45) is 5.41 Å². The van der Waals surface area contributed by atoms with Gasteiger partial charge in [-0.25, -0.2) is 4.98 Å². The number of alkyl halides is 3. The Morgan fingerprint density at radius 1 is 1.14 bits per heavy atom. The fourth-order valence-corrected chi connectivity index (χ4v) is 2.71. The number of nitrogens with one attached hydrogen (secondary N) is 1. The van der Waals surface area contributed by atoms with E-state index in [-0.39, 0.29) is 41.1 Å². The lowest BCUT2D eigenvalue weighted by molar-refractivity contribution is -0.139. The first-order valence-corrected chi connectivity index (χ1v) is 9.35. The number of hydrogen-bond donors (Lipinski definition) is 1. The van der Waals surface area contributed by atoms with Gasteiger partial charge in [0.25, 0.3) is 11.8 Å². The molecule has 1 aliphatic heterocycles. The first kappa shape index (κ1) is 22.9. The zero-order valence-electron chi connectivity index (χ0n) is 17.2. The third-order valence-corrected chi connectivity index (χ3v) is 4.52. The van der Waals surface area contributed by atoms with Gasteiger partial charge >= 0.3 is 6.18 Å². The smallest absolute Gasteiger partial charge is 0.377 e. The van der Waals surface area contributed by atoms with E-state index in [1.165, 1.54) is 6.92 Å². The molecule has 2 heterocycles. The lowest BCUT2D eigenvalue weighted by Crippen LogP contribution is -2.37. The molecule has 2 rings (SSSR count). The molecule has 6 nitrogen and oxygen atoms in total. The molecule has 160 valence electrons. The van der Waals surface area contributed by atoms with E-state index in [1.807, 2.05) is 0 Å². The van der Waals surface area contributed by atoms with Crippen molar-refractivity contribution in [2.75, 3.05) is 18.6 Å². The summed E-state index contributed by atoms with van der Waals surface area (Å²) < 4.78 is 44.6. The summed E-state index contributed by atoms with van der Waals surface area (Å²) in [4.78, 5) is 28.9. The Morgan fingerprint density at radius 2 is 1.79 bits per heavy atom. The summed E-state index contributed by atoms with van der Waals surface area (Å²) in [5.74, 6) is -1.19. The van der Waals surface area contributed by atoms with E-state index < -0.39 is 23.6 Å². The maximum atomic E-state index is 13.0. The fourth-order valence-electron chi connectivity index (χ4n) is 2.71. The molecule has 0 saturated heterocycles. The molecule has 1 N–H and O–H groups in total. The number of hydrazine groups is 1. The van der Waals surface area contributed by atoms with E-state index in [4.69, 9.17) is 4.74 Å². The molecule has 9 heteroatoms. The molecule has 0 saturated carbocycles. The zero-order chi connectivity index (χ0) is 22.0. The number of hydrogen-bond acceptors (Lipinski definition) is 5. The molecule has 1 aromatic heterocycles. The predicted molar refractivity (Wildman–Crippen MR) is 102 cm³/mol. The third-order valence-electron chi connectivity index (χ3n) is 4.52. The van der Waals surface area contributed by atoms with Crippen LogP contribution in [0.5, 0.6) is 0 Å². The number of carbonyl (C=O) groups is 2. The lowest BCUT2D eigenvalue weighted by atomic mass is 9.93. The number of pyridine rings is 1. The van der Waals surface area contributed by atoms with Crippen LogP contribution in [-0.2, 0) is 26.9 Å². The van der Waals surface area contributed by atoms with E-state index in [1.54, 1.807) is 6.92 Å². The minimum atomic E-state index is -4.52. The number of imide groups is 1. The largest absolute Gasteiger partial charge is 0.418 e. The number of amides is 2. The van der Waals surface area contributed by atoms with E-state index in [0.717, 1.165) is 23.6 Å². The van der Waals surface area contributed by atoms with E-state index >= 15 is 0 Å². The van der Waals surface area contributed by atoms with E-state index in [0.29, 0.717) is 6.61 Å². The summed E-state index contributed by atoms with van der Waals surface area (Å²) in [6.45, 7) is 9.70. The number of rotatable bonds is 7.